The molecule has 5 heteroatoms. The van der Waals surface area contributed by atoms with E-state index in [1.807, 2.05) is 17.8 Å². The molecule has 0 spiro atoms. The fourth-order valence-electron chi connectivity index (χ4n) is 1.79. The van der Waals surface area contributed by atoms with E-state index in [0.717, 1.165) is 30.6 Å². The van der Waals surface area contributed by atoms with E-state index >= 15 is 0 Å². The Labute approximate surface area is 99.2 Å². The third kappa shape index (κ3) is 3.06. The van der Waals surface area contributed by atoms with Crippen molar-refractivity contribution in [1.82, 2.24) is 15.1 Å². The lowest BCUT2D eigenvalue weighted by atomic mass is 10.3. The minimum Gasteiger partial charge on any atom is -0.296 e. The summed E-state index contributed by atoms with van der Waals surface area (Å²) in [6.45, 7) is 3.21. The summed E-state index contributed by atoms with van der Waals surface area (Å²) < 4.78 is 0. The standard InChI is InChI=1S/C10H14ClN3S/c1-15-9-4-5-14(7-9)6-8-2-3-10(11)13-12-8/h2-3,9H,4-7H2,1H3. The molecule has 0 radical (unpaired) electrons. The van der Waals surface area contributed by atoms with Crippen molar-refractivity contribution < 1.29 is 0 Å². The molecule has 2 rings (SSSR count). The maximum atomic E-state index is 5.68. The fourth-order valence-corrected chi connectivity index (χ4v) is 2.59. The first-order valence-corrected chi connectivity index (χ1v) is 6.68. The van der Waals surface area contributed by atoms with Crippen molar-refractivity contribution in [3.05, 3.63) is 23.0 Å². The van der Waals surface area contributed by atoms with Crippen molar-refractivity contribution in [3.8, 4) is 0 Å². The summed E-state index contributed by atoms with van der Waals surface area (Å²) in [4.78, 5) is 2.42. The molecular weight excluding hydrogens is 230 g/mol. The van der Waals surface area contributed by atoms with Crippen LogP contribution in [0.2, 0.25) is 5.15 Å². The molecule has 2 heterocycles. The average molecular weight is 244 g/mol. The van der Waals surface area contributed by atoms with Gasteiger partial charge in [-0.15, -0.1) is 5.10 Å². The second-order valence-corrected chi connectivity index (χ2v) is 5.25. The van der Waals surface area contributed by atoms with E-state index in [1.54, 1.807) is 6.07 Å². The maximum Gasteiger partial charge on any atom is 0.151 e. The number of rotatable bonds is 3. The summed E-state index contributed by atoms with van der Waals surface area (Å²) in [5, 5.41) is 9.15. The molecule has 1 aromatic rings. The van der Waals surface area contributed by atoms with Gasteiger partial charge in [-0.1, -0.05) is 11.6 Å². The summed E-state index contributed by atoms with van der Waals surface area (Å²) in [7, 11) is 0. The van der Waals surface area contributed by atoms with Gasteiger partial charge in [-0.05, 0) is 31.4 Å². The van der Waals surface area contributed by atoms with Gasteiger partial charge in [0.2, 0.25) is 0 Å². The van der Waals surface area contributed by atoms with E-state index in [4.69, 9.17) is 11.6 Å². The molecule has 0 saturated carbocycles. The minimum atomic E-state index is 0.460. The Kier molecular flexibility index (Phi) is 3.83. The highest BCUT2D eigenvalue weighted by Crippen LogP contribution is 2.21. The van der Waals surface area contributed by atoms with Crippen molar-refractivity contribution in [3.63, 3.8) is 0 Å². The lowest BCUT2D eigenvalue weighted by Gasteiger charge is -2.14. The van der Waals surface area contributed by atoms with Crippen LogP contribution in [0, 0.1) is 0 Å². The van der Waals surface area contributed by atoms with E-state index in [1.165, 1.54) is 6.42 Å². The number of likely N-dealkylation sites (tertiary alicyclic amines) is 1. The number of thioether (sulfide) groups is 1. The molecule has 1 unspecified atom stereocenters. The Morgan fingerprint density at radius 3 is 3.00 bits per heavy atom. The Balaban J connectivity index is 1.90. The highest BCUT2D eigenvalue weighted by Gasteiger charge is 2.21. The van der Waals surface area contributed by atoms with Crippen LogP contribution in [-0.4, -0.2) is 39.7 Å². The third-order valence-electron chi connectivity index (χ3n) is 2.64. The van der Waals surface area contributed by atoms with Crippen LogP contribution >= 0.6 is 23.4 Å². The summed E-state index contributed by atoms with van der Waals surface area (Å²) in [6.07, 6.45) is 3.46. The van der Waals surface area contributed by atoms with Crippen molar-refractivity contribution in [2.24, 2.45) is 0 Å². The quantitative estimate of drug-likeness (QED) is 0.813. The lowest BCUT2D eigenvalue weighted by molar-refractivity contribution is 0.327. The van der Waals surface area contributed by atoms with E-state index in [2.05, 4.69) is 21.4 Å². The molecular formula is C10H14ClN3S. The minimum absolute atomic E-state index is 0.460. The zero-order chi connectivity index (χ0) is 10.7. The normalized spacial score (nSPS) is 22.1. The van der Waals surface area contributed by atoms with Gasteiger partial charge in [0.1, 0.15) is 0 Å². The first kappa shape index (κ1) is 11.2. The number of halogens is 1. The SMILES string of the molecule is CSC1CCN(Cc2ccc(Cl)nn2)C1. The molecule has 1 aliphatic rings. The van der Waals surface area contributed by atoms with Crippen molar-refractivity contribution in [2.75, 3.05) is 19.3 Å². The average Bonchev–Trinajstić information content (AvgIpc) is 2.69. The van der Waals surface area contributed by atoms with Crippen LogP contribution in [0.5, 0.6) is 0 Å². The second kappa shape index (κ2) is 5.14. The van der Waals surface area contributed by atoms with Crippen LogP contribution in [0.4, 0.5) is 0 Å². The monoisotopic (exact) mass is 243 g/mol. The van der Waals surface area contributed by atoms with Crippen LogP contribution in [0.1, 0.15) is 12.1 Å². The van der Waals surface area contributed by atoms with Gasteiger partial charge < -0.3 is 0 Å². The second-order valence-electron chi connectivity index (χ2n) is 3.73. The molecule has 0 N–H and O–H groups in total. The first-order chi connectivity index (χ1) is 7.28. The van der Waals surface area contributed by atoms with Gasteiger partial charge in [0.15, 0.2) is 5.15 Å². The molecule has 1 saturated heterocycles. The van der Waals surface area contributed by atoms with Gasteiger partial charge in [0.05, 0.1) is 5.69 Å². The van der Waals surface area contributed by atoms with Crippen LogP contribution in [-0.2, 0) is 6.54 Å². The fraction of sp³-hybridized carbons (Fsp3) is 0.600. The lowest BCUT2D eigenvalue weighted by Crippen LogP contribution is -2.21. The van der Waals surface area contributed by atoms with E-state index in [-0.39, 0.29) is 0 Å². The Hall–Kier alpha value is -0.320. The summed E-state index contributed by atoms with van der Waals surface area (Å²) in [5.74, 6) is 0. The zero-order valence-corrected chi connectivity index (χ0v) is 10.3. The largest absolute Gasteiger partial charge is 0.296 e. The molecule has 1 atom stereocenters. The van der Waals surface area contributed by atoms with Gasteiger partial charge in [-0.3, -0.25) is 4.90 Å². The number of nitrogens with zero attached hydrogens (tertiary/aromatic N) is 3. The van der Waals surface area contributed by atoms with Crippen molar-refractivity contribution in [1.29, 1.82) is 0 Å². The first-order valence-electron chi connectivity index (χ1n) is 5.01. The van der Waals surface area contributed by atoms with Crippen molar-refractivity contribution >= 4 is 23.4 Å². The number of hydrogen-bond donors (Lipinski definition) is 0. The van der Waals surface area contributed by atoms with Crippen LogP contribution in [0.25, 0.3) is 0 Å². The predicted octanol–water partition coefficient (Wildman–Crippen LogP) is 2.07. The summed E-state index contributed by atoms with van der Waals surface area (Å²) in [6, 6.07) is 3.74. The molecule has 15 heavy (non-hydrogen) atoms. The van der Waals surface area contributed by atoms with Gasteiger partial charge in [0.25, 0.3) is 0 Å². The van der Waals surface area contributed by atoms with Gasteiger partial charge in [0, 0.05) is 18.3 Å². The number of aromatic nitrogens is 2. The van der Waals surface area contributed by atoms with Crippen LogP contribution in [0.15, 0.2) is 12.1 Å². The highest BCUT2D eigenvalue weighted by atomic mass is 35.5. The molecule has 3 nitrogen and oxygen atoms in total. The zero-order valence-electron chi connectivity index (χ0n) is 8.69. The molecule has 0 aromatic carbocycles. The van der Waals surface area contributed by atoms with E-state index in [9.17, 15) is 0 Å². The molecule has 1 aromatic heterocycles. The van der Waals surface area contributed by atoms with Gasteiger partial charge in [-0.2, -0.15) is 16.9 Å². The van der Waals surface area contributed by atoms with Crippen LogP contribution < -0.4 is 0 Å². The van der Waals surface area contributed by atoms with Gasteiger partial charge >= 0.3 is 0 Å². The van der Waals surface area contributed by atoms with Gasteiger partial charge in [-0.25, -0.2) is 0 Å². The molecule has 0 aliphatic carbocycles. The van der Waals surface area contributed by atoms with Crippen molar-refractivity contribution in [2.45, 2.75) is 18.2 Å². The predicted molar refractivity (Wildman–Crippen MR) is 64.2 cm³/mol. The molecule has 0 bridgehead atoms. The topological polar surface area (TPSA) is 29.0 Å². The van der Waals surface area contributed by atoms with E-state index < -0.39 is 0 Å². The highest BCUT2D eigenvalue weighted by molar-refractivity contribution is 7.99. The number of hydrogen-bond acceptors (Lipinski definition) is 4. The Morgan fingerprint density at radius 2 is 2.40 bits per heavy atom. The molecule has 82 valence electrons. The Bertz CT molecular complexity index is 317. The molecule has 1 fully saturated rings. The molecule has 0 amide bonds. The molecule has 1 aliphatic heterocycles. The summed E-state index contributed by atoms with van der Waals surface area (Å²) >= 11 is 7.63. The maximum absolute atomic E-state index is 5.68. The van der Waals surface area contributed by atoms with E-state index in [0.29, 0.717) is 5.15 Å². The van der Waals surface area contributed by atoms with Crippen LogP contribution in [0.3, 0.4) is 0 Å². The smallest absolute Gasteiger partial charge is 0.151 e. The Morgan fingerprint density at radius 1 is 1.53 bits per heavy atom. The summed E-state index contributed by atoms with van der Waals surface area (Å²) in [5.41, 5.74) is 1.00. The third-order valence-corrected chi connectivity index (χ3v) is 3.89.